The Morgan fingerprint density at radius 3 is 2.77 bits per heavy atom. The van der Waals surface area contributed by atoms with Crippen LogP contribution >= 0.6 is 0 Å². The molecule has 1 aromatic carbocycles. The second kappa shape index (κ2) is 10.9. The number of aryl methyl sites for hydroxylation is 1. The topological polar surface area (TPSA) is 72.4 Å². The number of rotatable bonds is 9. The van der Waals surface area contributed by atoms with Crippen LogP contribution in [0.2, 0.25) is 0 Å². The lowest BCUT2D eigenvalue weighted by molar-refractivity contribution is 0.319. The number of likely N-dealkylation sites (N-methyl/N-ethyl adjacent to an activating group) is 2. The van der Waals surface area contributed by atoms with Crippen molar-refractivity contribution in [1.29, 1.82) is 0 Å². The number of allylic oxidation sites excluding steroid dienone is 3. The number of H-pyrrole nitrogens is 1. The van der Waals surface area contributed by atoms with Gasteiger partial charge in [0.25, 0.3) is 0 Å². The Hall–Kier alpha value is -3.45. The summed E-state index contributed by atoms with van der Waals surface area (Å²) >= 11 is 0. The molecule has 35 heavy (non-hydrogen) atoms. The molecule has 2 aromatic heterocycles. The number of hydrogen-bond donors (Lipinski definition) is 2. The molecule has 7 heteroatoms. The number of aromatic amines is 1. The zero-order valence-corrected chi connectivity index (χ0v) is 21.8. The van der Waals surface area contributed by atoms with E-state index in [-0.39, 0.29) is 0 Å². The molecule has 0 bridgehead atoms. The van der Waals surface area contributed by atoms with Crippen LogP contribution in [0.4, 0.5) is 11.6 Å². The summed E-state index contributed by atoms with van der Waals surface area (Å²) in [4.78, 5) is 22.0. The summed E-state index contributed by atoms with van der Waals surface area (Å²) in [6, 6.07) is 6.40. The molecule has 0 unspecified atom stereocenters. The first-order valence-corrected chi connectivity index (χ1v) is 12.4. The lowest BCUT2D eigenvalue weighted by Gasteiger charge is -2.26. The van der Waals surface area contributed by atoms with E-state index in [1.807, 2.05) is 12.4 Å². The van der Waals surface area contributed by atoms with Gasteiger partial charge in [-0.2, -0.15) is 4.98 Å². The third-order valence-electron chi connectivity index (χ3n) is 6.48. The van der Waals surface area contributed by atoms with E-state index in [4.69, 9.17) is 9.98 Å². The molecule has 0 saturated heterocycles. The highest BCUT2D eigenvalue weighted by Crippen LogP contribution is 2.32. The number of aromatic nitrogens is 3. The maximum absolute atomic E-state index is 4.75. The normalized spacial score (nSPS) is 14.3. The van der Waals surface area contributed by atoms with Crippen molar-refractivity contribution in [2.24, 2.45) is 4.99 Å². The van der Waals surface area contributed by atoms with Gasteiger partial charge in [-0.05, 0) is 76.5 Å². The molecule has 0 aliphatic heterocycles. The van der Waals surface area contributed by atoms with Crippen molar-refractivity contribution in [2.75, 3.05) is 39.5 Å². The molecule has 184 valence electrons. The zero-order chi connectivity index (χ0) is 24.9. The lowest BCUT2D eigenvalue weighted by atomic mass is 10.0. The van der Waals surface area contributed by atoms with E-state index >= 15 is 0 Å². The van der Waals surface area contributed by atoms with Gasteiger partial charge in [0, 0.05) is 60.6 Å². The molecule has 7 nitrogen and oxygen atoms in total. The van der Waals surface area contributed by atoms with Gasteiger partial charge < -0.3 is 20.1 Å². The van der Waals surface area contributed by atoms with E-state index in [9.17, 15) is 0 Å². The highest BCUT2D eigenvalue weighted by atomic mass is 15.2. The Balaban J connectivity index is 1.51. The van der Waals surface area contributed by atoms with Crippen LogP contribution in [0.25, 0.3) is 22.2 Å². The Bertz CT molecular complexity index is 1280. The van der Waals surface area contributed by atoms with Crippen LogP contribution in [0.1, 0.15) is 38.7 Å². The Morgan fingerprint density at radius 2 is 2.03 bits per heavy atom. The molecule has 1 aliphatic rings. The average molecular weight is 472 g/mol. The highest BCUT2D eigenvalue weighted by Gasteiger charge is 2.13. The molecule has 4 rings (SSSR count). The second-order valence-corrected chi connectivity index (χ2v) is 9.54. The third kappa shape index (κ3) is 5.98. The van der Waals surface area contributed by atoms with Crippen molar-refractivity contribution in [3.8, 4) is 11.1 Å². The minimum Gasteiger partial charge on any atom is -0.377 e. The molecule has 2 heterocycles. The van der Waals surface area contributed by atoms with Crippen molar-refractivity contribution < 1.29 is 0 Å². The number of anilines is 1. The summed E-state index contributed by atoms with van der Waals surface area (Å²) in [5, 5.41) is 4.41. The molecule has 3 aromatic rings. The van der Waals surface area contributed by atoms with Gasteiger partial charge >= 0.3 is 0 Å². The first-order valence-electron chi connectivity index (χ1n) is 12.4. The number of benzene rings is 1. The largest absolute Gasteiger partial charge is 0.377 e. The van der Waals surface area contributed by atoms with Gasteiger partial charge in [-0.3, -0.25) is 4.99 Å². The zero-order valence-electron chi connectivity index (χ0n) is 21.8. The quantitative estimate of drug-likeness (QED) is 0.380. The molecule has 0 amide bonds. The van der Waals surface area contributed by atoms with E-state index in [1.165, 1.54) is 5.70 Å². The third-order valence-corrected chi connectivity index (χ3v) is 6.48. The van der Waals surface area contributed by atoms with E-state index in [0.29, 0.717) is 5.95 Å². The summed E-state index contributed by atoms with van der Waals surface area (Å²) in [5.74, 6) is 0.599. The van der Waals surface area contributed by atoms with Crippen LogP contribution in [0.15, 0.2) is 59.1 Å². The number of aliphatic imine (C=N–C) groups is 1. The van der Waals surface area contributed by atoms with Gasteiger partial charge in [0.1, 0.15) is 5.65 Å². The van der Waals surface area contributed by atoms with Gasteiger partial charge in [0.2, 0.25) is 5.95 Å². The first kappa shape index (κ1) is 24.7. The van der Waals surface area contributed by atoms with Gasteiger partial charge in [-0.25, -0.2) is 4.98 Å². The number of nitrogens with one attached hydrogen (secondary N) is 2. The van der Waals surface area contributed by atoms with Crippen LogP contribution in [-0.2, 0) is 0 Å². The maximum Gasteiger partial charge on any atom is 0.229 e. The standard InChI is InChI=1S/C28H37N7/c1-7-20(3)31-26-12-11-21(15-19(26)2)24-17-29-27-25(24)18-30-28(33-27)32-22-9-8-10-23(16-22)35(6)14-13-34(4)5/h9,11-12,15-18H,7-8,10,13-14H2,1-6H3,(H2,29,30,32,33). The molecule has 0 saturated carbocycles. The molecular weight excluding hydrogens is 434 g/mol. The van der Waals surface area contributed by atoms with Gasteiger partial charge in [-0.1, -0.05) is 19.1 Å². The Morgan fingerprint density at radius 1 is 1.20 bits per heavy atom. The smallest absolute Gasteiger partial charge is 0.229 e. The number of fused-ring (bicyclic) bond motifs is 1. The predicted octanol–water partition coefficient (Wildman–Crippen LogP) is 5.90. The van der Waals surface area contributed by atoms with Crippen LogP contribution < -0.4 is 5.32 Å². The maximum atomic E-state index is 4.75. The van der Waals surface area contributed by atoms with Crippen LogP contribution in [0, 0.1) is 6.92 Å². The van der Waals surface area contributed by atoms with E-state index < -0.39 is 0 Å². The fourth-order valence-electron chi connectivity index (χ4n) is 4.14. The molecular formula is C28H37N7. The minimum atomic E-state index is 0.599. The summed E-state index contributed by atoms with van der Waals surface area (Å²) < 4.78 is 0. The average Bonchev–Trinajstić information content (AvgIpc) is 3.27. The van der Waals surface area contributed by atoms with Crippen molar-refractivity contribution in [3.63, 3.8) is 0 Å². The summed E-state index contributed by atoms with van der Waals surface area (Å²) in [7, 11) is 6.37. The van der Waals surface area contributed by atoms with E-state index in [2.05, 4.69) is 97.3 Å². The van der Waals surface area contributed by atoms with Crippen molar-refractivity contribution in [3.05, 3.63) is 59.7 Å². The van der Waals surface area contributed by atoms with Crippen molar-refractivity contribution in [2.45, 2.75) is 40.0 Å². The fraction of sp³-hybridized carbons (Fsp3) is 0.393. The monoisotopic (exact) mass is 471 g/mol. The molecule has 0 atom stereocenters. The van der Waals surface area contributed by atoms with Crippen LogP contribution in [0.3, 0.4) is 0 Å². The van der Waals surface area contributed by atoms with E-state index in [0.717, 1.165) is 77.2 Å². The van der Waals surface area contributed by atoms with Crippen molar-refractivity contribution >= 4 is 28.4 Å². The number of hydrogen-bond acceptors (Lipinski definition) is 6. The Kier molecular flexibility index (Phi) is 7.66. The second-order valence-electron chi connectivity index (χ2n) is 9.54. The fourth-order valence-corrected chi connectivity index (χ4v) is 4.14. The summed E-state index contributed by atoms with van der Waals surface area (Å²) in [6.45, 7) is 8.34. The first-order chi connectivity index (χ1) is 16.8. The van der Waals surface area contributed by atoms with Crippen LogP contribution in [-0.4, -0.2) is 64.7 Å². The SMILES string of the molecule is CCC(C)=Nc1ccc(-c2c[nH]c3nc(NC4=CCCC(N(C)CCN(C)C)=C4)ncc23)cc1C. The van der Waals surface area contributed by atoms with E-state index in [1.54, 1.807) is 0 Å². The van der Waals surface area contributed by atoms with Gasteiger partial charge in [-0.15, -0.1) is 0 Å². The van der Waals surface area contributed by atoms with Gasteiger partial charge in [0.05, 0.1) is 5.69 Å². The Labute approximate surface area is 208 Å². The molecule has 2 N–H and O–H groups in total. The molecule has 0 fully saturated rings. The molecule has 1 aliphatic carbocycles. The minimum absolute atomic E-state index is 0.599. The highest BCUT2D eigenvalue weighted by molar-refractivity contribution is 5.94. The molecule has 0 spiro atoms. The summed E-state index contributed by atoms with van der Waals surface area (Å²) in [6.07, 6.45) is 11.3. The summed E-state index contributed by atoms with van der Waals surface area (Å²) in [5.41, 5.74) is 8.75. The van der Waals surface area contributed by atoms with Crippen molar-refractivity contribution in [1.82, 2.24) is 24.8 Å². The van der Waals surface area contributed by atoms with Gasteiger partial charge in [0.15, 0.2) is 0 Å². The lowest BCUT2D eigenvalue weighted by Crippen LogP contribution is -2.29. The van der Waals surface area contributed by atoms with Crippen LogP contribution in [0.5, 0.6) is 0 Å². The predicted molar refractivity (Wildman–Crippen MR) is 147 cm³/mol. The molecule has 0 radical (unpaired) electrons. The number of nitrogens with zero attached hydrogens (tertiary/aromatic N) is 5.